The quantitative estimate of drug-likeness (QED) is 0.660. The van der Waals surface area contributed by atoms with Crippen molar-refractivity contribution in [2.75, 3.05) is 0 Å². The standard InChI is InChI=1S/C6H5BrO.H2O/c7-5-2-1-3-6(8)4-5;/h1-4,8H;1H2. The molecule has 0 aliphatic rings. The van der Waals surface area contributed by atoms with Crippen molar-refractivity contribution in [3.8, 4) is 5.75 Å². The van der Waals surface area contributed by atoms with E-state index in [1.807, 2.05) is 6.07 Å². The maximum atomic E-state index is 8.78. The maximum absolute atomic E-state index is 8.78. The number of phenolic OH excluding ortho intramolecular Hbond substituents is 1. The molecule has 3 heteroatoms. The molecule has 0 aromatic heterocycles. The van der Waals surface area contributed by atoms with Crippen LogP contribution in [0.5, 0.6) is 5.75 Å². The molecule has 50 valence electrons. The van der Waals surface area contributed by atoms with Gasteiger partial charge in [0.2, 0.25) is 0 Å². The average molecular weight is 191 g/mol. The minimum atomic E-state index is 0. The highest BCUT2D eigenvalue weighted by atomic mass is 79.9. The molecule has 0 atom stereocenters. The lowest BCUT2D eigenvalue weighted by Crippen LogP contribution is -1.61. The summed E-state index contributed by atoms with van der Waals surface area (Å²) in [5.74, 6) is 0.291. The van der Waals surface area contributed by atoms with Crippen LogP contribution < -0.4 is 0 Å². The normalized spacial score (nSPS) is 8.11. The number of benzene rings is 1. The van der Waals surface area contributed by atoms with Crippen LogP contribution >= 0.6 is 15.9 Å². The Hall–Kier alpha value is -0.540. The second kappa shape index (κ2) is 3.48. The fourth-order valence-electron chi connectivity index (χ4n) is 0.476. The first-order valence-corrected chi connectivity index (χ1v) is 3.03. The molecule has 0 fully saturated rings. The van der Waals surface area contributed by atoms with Crippen LogP contribution in [0.25, 0.3) is 0 Å². The second-order valence-electron chi connectivity index (χ2n) is 1.48. The Labute approximate surface area is 61.6 Å². The van der Waals surface area contributed by atoms with Gasteiger partial charge in [-0.05, 0) is 18.2 Å². The van der Waals surface area contributed by atoms with Crippen LogP contribution in [0.4, 0.5) is 0 Å². The minimum Gasteiger partial charge on any atom is -0.508 e. The Balaban J connectivity index is 0.000000640. The smallest absolute Gasteiger partial charge is 0.116 e. The van der Waals surface area contributed by atoms with E-state index in [9.17, 15) is 0 Å². The van der Waals surface area contributed by atoms with E-state index in [-0.39, 0.29) is 5.48 Å². The van der Waals surface area contributed by atoms with Gasteiger partial charge in [-0.3, -0.25) is 0 Å². The van der Waals surface area contributed by atoms with Gasteiger partial charge < -0.3 is 10.6 Å². The van der Waals surface area contributed by atoms with Gasteiger partial charge in [0.15, 0.2) is 0 Å². The third kappa shape index (κ3) is 2.49. The first-order chi connectivity index (χ1) is 3.79. The fraction of sp³-hybridized carbons (Fsp3) is 0. The molecule has 0 heterocycles. The van der Waals surface area contributed by atoms with Gasteiger partial charge in [0.25, 0.3) is 0 Å². The highest BCUT2D eigenvalue weighted by Gasteiger charge is 1.84. The first-order valence-electron chi connectivity index (χ1n) is 2.23. The lowest BCUT2D eigenvalue weighted by atomic mass is 10.3. The van der Waals surface area contributed by atoms with Crippen LogP contribution in [0.3, 0.4) is 0 Å². The highest BCUT2D eigenvalue weighted by Crippen LogP contribution is 2.15. The molecule has 0 aliphatic carbocycles. The number of aromatic hydroxyl groups is 1. The Morgan fingerprint density at radius 3 is 2.33 bits per heavy atom. The molecule has 0 unspecified atom stereocenters. The van der Waals surface area contributed by atoms with Crippen molar-refractivity contribution in [1.82, 2.24) is 0 Å². The minimum absolute atomic E-state index is 0. The van der Waals surface area contributed by atoms with E-state index in [1.165, 1.54) is 0 Å². The Morgan fingerprint density at radius 1 is 1.33 bits per heavy atom. The molecule has 1 aromatic rings. The van der Waals surface area contributed by atoms with Gasteiger partial charge in [0.1, 0.15) is 5.75 Å². The summed E-state index contributed by atoms with van der Waals surface area (Å²) in [6, 6.07) is 6.91. The molecule has 0 aliphatic heterocycles. The number of phenols is 1. The number of rotatable bonds is 0. The van der Waals surface area contributed by atoms with Crippen LogP contribution in [0, 0.1) is 0 Å². The van der Waals surface area contributed by atoms with Gasteiger partial charge in [0, 0.05) is 4.47 Å². The fourth-order valence-corrected chi connectivity index (χ4v) is 0.863. The monoisotopic (exact) mass is 190 g/mol. The summed E-state index contributed by atoms with van der Waals surface area (Å²) in [6.07, 6.45) is 0. The zero-order valence-electron chi connectivity index (χ0n) is 4.63. The van der Waals surface area contributed by atoms with E-state index in [1.54, 1.807) is 18.2 Å². The largest absolute Gasteiger partial charge is 0.508 e. The van der Waals surface area contributed by atoms with E-state index in [0.717, 1.165) is 4.47 Å². The Kier molecular flexibility index (Phi) is 3.27. The Bertz CT molecular complexity index is 171. The van der Waals surface area contributed by atoms with E-state index in [2.05, 4.69) is 15.9 Å². The number of hydrogen-bond acceptors (Lipinski definition) is 1. The highest BCUT2D eigenvalue weighted by molar-refractivity contribution is 9.10. The topological polar surface area (TPSA) is 51.7 Å². The van der Waals surface area contributed by atoms with Crippen molar-refractivity contribution in [3.05, 3.63) is 28.7 Å². The third-order valence-corrected chi connectivity index (χ3v) is 1.30. The van der Waals surface area contributed by atoms with Gasteiger partial charge >= 0.3 is 0 Å². The van der Waals surface area contributed by atoms with Gasteiger partial charge in [0.05, 0.1) is 0 Å². The number of halogens is 1. The molecular weight excluding hydrogens is 184 g/mol. The summed E-state index contributed by atoms with van der Waals surface area (Å²) in [6.45, 7) is 0. The predicted molar refractivity (Wildman–Crippen MR) is 39.4 cm³/mol. The van der Waals surface area contributed by atoms with Crippen LogP contribution in [-0.4, -0.2) is 10.6 Å². The Morgan fingerprint density at radius 2 is 2.00 bits per heavy atom. The van der Waals surface area contributed by atoms with Gasteiger partial charge in [-0.1, -0.05) is 22.0 Å². The zero-order valence-corrected chi connectivity index (χ0v) is 6.22. The molecule has 3 N–H and O–H groups in total. The van der Waals surface area contributed by atoms with Crippen LogP contribution in [-0.2, 0) is 0 Å². The summed E-state index contributed by atoms with van der Waals surface area (Å²) in [5, 5.41) is 8.78. The lowest BCUT2D eigenvalue weighted by Gasteiger charge is -1.88. The summed E-state index contributed by atoms with van der Waals surface area (Å²) < 4.78 is 0.900. The van der Waals surface area contributed by atoms with Crippen LogP contribution in [0.15, 0.2) is 28.7 Å². The first kappa shape index (κ1) is 8.46. The van der Waals surface area contributed by atoms with Crippen molar-refractivity contribution in [2.24, 2.45) is 0 Å². The summed E-state index contributed by atoms with van der Waals surface area (Å²) in [4.78, 5) is 0. The van der Waals surface area contributed by atoms with E-state index >= 15 is 0 Å². The maximum Gasteiger partial charge on any atom is 0.116 e. The van der Waals surface area contributed by atoms with Crippen molar-refractivity contribution >= 4 is 15.9 Å². The van der Waals surface area contributed by atoms with Crippen molar-refractivity contribution < 1.29 is 10.6 Å². The molecule has 0 bridgehead atoms. The van der Waals surface area contributed by atoms with Crippen molar-refractivity contribution in [1.29, 1.82) is 0 Å². The average Bonchev–Trinajstić information content (AvgIpc) is 1.64. The summed E-state index contributed by atoms with van der Waals surface area (Å²) in [7, 11) is 0. The molecule has 1 aromatic carbocycles. The molecule has 1 rings (SSSR count). The number of hydrogen-bond donors (Lipinski definition) is 1. The molecule has 0 radical (unpaired) electrons. The molecular formula is C6H7BrO2. The van der Waals surface area contributed by atoms with Crippen LogP contribution in [0.1, 0.15) is 0 Å². The molecule has 9 heavy (non-hydrogen) atoms. The van der Waals surface area contributed by atoms with Crippen molar-refractivity contribution in [2.45, 2.75) is 0 Å². The van der Waals surface area contributed by atoms with Gasteiger partial charge in [-0.15, -0.1) is 0 Å². The zero-order chi connectivity index (χ0) is 5.98. The molecule has 0 saturated carbocycles. The van der Waals surface area contributed by atoms with E-state index in [4.69, 9.17) is 5.11 Å². The molecule has 0 amide bonds. The summed E-state index contributed by atoms with van der Waals surface area (Å²) in [5.41, 5.74) is 0. The lowest BCUT2D eigenvalue weighted by molar-refractivity contribution is 0.475. The van der Waals surface area contributed by atoms with Gasteiger partial charge in [-0.2, -0.15) is 0 Å². The molecule has 2 nitrogen and oxygen atoms in total. The SMILES string of the molecule is O.Oc1cccc(Br)c1. The van der Waals surface area contributed by atoms with E-state index in [0.29, 0.717) is 5.75 Å². The molecule has 0 saturated heterocycles. The second-order valence-corrected chi connectivity index (χ2v) is 2.40. The van der Waals surface area contributed by atoms with Gasteiger partial charge in [-0.25, -0.2) is 0 Å². The summed E-state index contributed by atoms with van der Waals surface area (Å²) >= 11 is 3.20. The van der Waals surface area contributed by atoms with E-state index < -0.39 is 0 Å². The molecule has 0 spiro atoms. The van der Waals surface area contributed by atoms with Crippen LogP contribution in [0.2, 0.25) is 0 Å². The predicted octanol–water partition coefficient (Wildman–Crippen LogP) is 1.33. The van der Waals surface area contributed by atoms with Crippen molar-refractivity contribution in [3.63, 3.8) is 0 Å². The third-order valence-electron chi connectivity index (χ3n) is 0.808.